The van der Waals surface area contributed by atoms with E-state index in [-0.39, 0.29) is 25.0 Å². The Labute approximate surface area is 354 Å². The number of aromatic amines is 1. The third kappa shape index (κ3) is 8.50. The molecule has 0 unspecified atom stereocenters. The van der Waals surface area contributed by atoms with E-state index in [2.05, 4.69) is 25.3 Å². The van der Waals surface area contributed by atoms with Crippen LogP contribution < -0.4 is 9.47 Å². The minimum atomic E-state index is -0.603. The molecule has 1 N–H and O–H groups in total. The number of halogens is 2. The second-order valence-corrected chi connectivity index (χ2v) is 15.6. The van der Waals surface area contributed by atoms with Crippen LogP contribution in [0.4, 0.5) is 0 Å². The zero-order valence-corrected chi connectivity index (χ0v) is 34.9. The van der Waals surface area contributed by atoms with Gasteiger partial charge in [-0.2, -0.15) is 9.97 Å². The van der Waals surface area contributed by atoms with Gasteiger partial charge in [-0.15, -0.1) is 0 Å². The molecular weight excluding hydrogens is 807 g/mol. The third-order valence-electron chi connectivity index (χ3n) is 9.73. The van der Waals surface area contributed by atoms with Crippen molar-refractivity contribution in [2.75, 3.05) is 0 Å². The van der Waals surface area contributed by atoms with Crippen molar-refractivity contribution in [1.82, 2.24) is 29.8 Å². The van der Waals surface area contributed by atoms with Crippen LogP contribution in [-0.4, -0.2) is 54.0 Å². The van der Waals surface area contributed by atoms with Crippen molar-refractivity contribution in [1.29, 1.82) is 0 Å². The maximum atomic E-state index is 12.9. The highest BCUT2D eigenvalue weighted by atomic mass is 35.5. The van der Waals surface area contributed by atoms with E-state index in [9.17, 15) is 9.59 Å². The Morgan fingerprint density at radius 3 is 1.82 bits per heavy atom. The Bertz CT molecular complexity index is 2870. The van der Waals surface area contributed by atoms with Crippen molar-refractivity contribution in [2.24, 2.45) is 7.05 Å². The lowest BCUT2D eigenvalue weighted by Gasteiger charge is -2.11. The first kappa shape index (κ1) is 40.3. The fourth-order valence-corrected chi connectivity index (χ4v) is 7.56. The number of esters is 2. The number of nitrogens with zero attached hydrogens (tertiary/aromatic N) is 5. The summed E-state index contributed by atoms with van der Waals surface area (Å²) in [4.78, 5) is 38.4. The standard InChI is InChI=1S/C45H40Cl2N6O7/c1-24(2)56-36-16-12-26(20-34(36)46)44-49-42(51-59-44)32-10-6-8-30-28(22-48-40(30)32)14-18-38(54)58-39(55)19-15-29-23-53(5)41-31(29)9-7-11-33(41)43-50-45(60-52-43)27-13-17-37(35(47)21-27)57-25(3)4/h6-13,16-17,20-25,48H,14-15,18-19H2,1-5H3. The van der Waals surface area contributed by atoms with Crippen LogP contribution in [0.5, 0.6) is 11.5 Å². The first-order valence-electron chi connectivity index (χ1n) is 19.4. The molecule has 0 amide bonds. The van der Waals surface area contributed by atoms with Crippen LogP contribution in [0.15, 0.2) is 94.2 Å². The number of carbonyl (C=O) groups excluding carboxylic acids is 2. The zero-order chi connectivity index (χ0) is 42.1. The molecule has 8 rings (SSSR count). The molecule has 0 bridgehead atoms. The third-order valence-corrected chi connectivity index (χ3v) is 10.3. The molecule has 4 aromatic carbocycles. The molecule has 0 saturated carbocycles. The molecule has 15 heteroatoms. The molecule has 8 aromatic rings. The summed E-state index contributed by atoms with van der Waals surface area (Å²) in [6.07, 6.45) is 4.49. The average Bonchev–Trinajstić information content (AvgIpc) is 4.04. The molecule has 0 atom stereocenters. The van der Waals surface area contributed by atoms with Crippen molar-refractivity contribution in [3.8, 4) is 57.2 Å². The lowest BCUT2D eigenvalue weighted by atomic mass is 10.0. The van der Waals surface area contributed by atoms with E-state index in [0.717, 1.165) is 44.1 Å². The van der Waals surface area contributed by atoms with Gasteiger partial charge in [0.25, 0.3) is 11.8 Å². The van der Waals surface area contributed by atoms with Crippen molar-refractivity contribution >= 4 is 56.9 Å². The normalized spacial score (nSPS) is 11.6. The fraction of sp³-hybridized carbons (Fsp3) is 0.244. The molecule has 4 heterocycles. The molecule has 0 spiro atoms. The molecule has 60 heavy (non-hydrogen) atoms. The Balaban J connectivity index is 0.886. The number of nitrogens with one attached hydrogen (secondary N) is 1. The van der Waals surface area contributed by atoms with E-state index < -0.39 is 11.9 Å². The van der Waals surface area contributed by atoms with E-state index >= 15 is 0 Å². The quantitative estimate of drug-likeness (QED) is 0.0819. The Hall–Kier alpha value is -6.44. The van der Waals surface area contributed by atoms with Crippen molar-refractivity contribution in [2.45, 2.75) is 65.6 Å². The number of aromatic nitrogens is 6. The lowest BCUT2D eigenvalue weighted by Crippen LogP contribution is -2.13. The topological polar surface area (TPSA) is 160 Å². The van der Waals surface area contributed by atoms with E-state index in [1.165, 1.54) is 0 Å². The van der Waals surface area contributed by atoms with Crippen molar-refractivity contribution in [3.63, 3.8) is 0 Å². The van der Waals surface area contributed by atoms with E-state index in [0.29, 0.717) is 68.9 Å². The summed E-state index contributed by atoms with van der Waals surface area (Å²) in [5.41, 5.74) is 6.26. The summed E-state index contributed by atoms with van der Waals surface area (Å²) in [6, 6.07) is 22.2. The highest BCUT2D eigenvalue weighted by Crippen LogP contribution is 2.36. The number of rotatable bonds is 14. The lowest BCUT2D eigenvalue weighted by molar-refractivity contribution is -0.159. The van der Waals surface area contributed by atoms with Gasteiger partial charge in [0.2, 0.25) is 11.6 Å². The number of H-pyrrole nitrogens is 1. The van der Waals surface area contributed by atoms with Gasteiger partial charge < -0.3 is 32.8 Å². The Morgan fingerprint density at radius 1 is 0.717 bits per heavy atom. The first-order chi connectivity index (χ1) is 28.9. The number of benzene rings is 4. The van der Waals surface area contributed by atoms with Gasteiger partial charge in [-0.3, -0.25) is 9.59 Å². The summed E-state index contributed by atoms with van der Waals surface area (Å²) in [7, 11) is 1.92. The summed E-state index contributed by atoms with van der Waals surface area (Å²) < 4.78 is 29.9. The van der Waals surface area contributed by atoms with Crippen LogP contribution in [0.2, 0.25) is 10.0 Å². The fourth-order valence-electron chi connectivity index (χ4n) is 7.11. The Kier molecular flexibility index (Phi) is 11.5. The maximum Gasteiger partial charge on any atom is 0.313 e. The molecule has 0 saturated heterocycles. The number of aryl methyl sites for hydroxylation is 3. The smallest absolute Gasteiger partial charge is 0.313 e. The van der Waals surface area contributed by atoms with E-state index in [4.69, 9.17) is 46.5 Å². The van der Waals surface area contributed by atoms with E-state index in [1.807, 2.05) is 100 Å². The second-order valence-electron chi connectivity index (χ2n) is 14.8. The number of hydrogen-bond acceptors (Lipinski definition) is 11. The van der Waals surface area contributed by atoms with Gasteiger partial charge in [0.15, 0.2) is 0 Å². The zero-order valence-electron chi connectivity index (χ0n) is 33.4. The molecule has 13 nitrogen and oxygen atoms in total. The molecule has 0 aliphatic carbocycles. The van der Waals surface area contributed by atoms with Gasteiger partial charge in [-0.25, -0.2) is 0 Å². The van der Waals surface area contributed by atoms with Crippen LogP contribution in [0, 0.1) is 0 Å². The average molecular weight is 848 g/mol. The van der Waals surface area contributed by atoms with Crippen LogP contribution in [-0.2, 0) is 34.2 Å². The van der Waals surface area contributed by atoms with Gasteiger partial charge in [0.05, 0.1) is 46.1 Å². The van der Waals surface area contributed by atoms with Gasteiger partial charge >= 0.3 is 11.9 Å². The van der Waals surface area contributed by atoms with Crippen LogP contribution in [0.3, 0.4) is 0 Å². The highest BCUT2D eigenvalue weighted by molar-refractivity contribution is 6.32. The van der Waals surface area contributed by atoms with Gasteiger partial charge in [0, 0.05) is 52.5 Å². The Morgan fingerprint density at radius 2 is 1.25 bits per heavy atom. The molecule has 0 aliphatic rings. The highest BCUT2D eigenvalue weighted by Gasteiger charge is 2.21. The first-order valence-corrected chi connectivity index (χ1v) is 20.2. The number of ether oxygens (including phenoxy) is 3. The second kappa shape index (κ2) is 17.0. The summed E-state index contributed by atoms with van der Waals surface area (Å²) in [6.45, 7) is 7.72. The van der Waals surface area contributed by atoms with Gasteiger partial charge in [-0.05, 0) is 100 Å². The van der Waals surface area contributed by atoms with Crippen LogP contribution in [0.1, 0.15) is 51.7 Å². The predicted octanol–water partition coefficient (Wildman–Crippen LogP) is 10.6. The van der Waals surface area contributed by atoms with Gasteiger partial charge in [0.1, 0.15) is 11.5 Å². The molecule has 306 valence electrons. The van der Waals surface area contributed by atoms with Crippen LogP contribution >= 0.6 is 23.2 Å². The van der Waals surface area contributed by atoms with Crippen molar-refractivity contribution < 1.29 is 32.8 Å². The molecular formula is C45H40Cl2N6O7. The summed E-state index contributed by atoms with van der Waals surface area (Å²) in [5, 5.41) is 11.2. The number of hydrogen-bond donors (Lipinski definition) is 1. The molecule has 0 fully saturated rings. The predicted molar refractivity (Wildman–Crippen MR) is 228 cm³/mol. The van der Waals surface area contributed by atoms with Crippen LogP contribution in [0.25, 0.3) is 67.5 Å². The maximum absolute atomic E-state index is 12.9. The van der Waals surface area contributed by atoms with Crippen molar-refractivity contribution in [3.05, 3.63) is 106 Å². The minimum absolute atomic E-state index is 0.0128. The number of fused-ring (bicyclic) bond motifs is 2. The minimum Gasteiger partial charge on any atom is -0.489 e. The van der Waals surface area contributed by atoms with E-state index in [1.54, 1.807) is 24.3 Å². The molecule has 0 aliphatic heterocycles. The monoisotopic (exact) mass is 846 g/mol. The number of para-hydroxylation sites is 2. The summed E-state index contributed by atoms with van der Waals surface area (Å²) in [5.74, 6) is 1.36. The van der Waals surface area contributed by atoms with Gasteiger partial charge in [-0.1, -0.05) is 57.8 Å². The molecule has 4 aromatic heterocycles. The largest absolute Gasteiger partial charge is 0.489 e. The number of carbonyl (C=O) groups is 2. The summed E-state index contributed by atoms with van der Waals surface area (Å²) >= 11 is 12.9. The molecule has 0 radical (unpaired) electrons. The SMILES string of the molecule is CC(C)Oc1ccc(-c2nc(-c3cccc4c(CCC(=O)OC(=O)CCc5cn(C)c6c(-c7noc(-c8ccc(OC(C)C)c(Cl)c8)n7)cccc56)c[nH]c34)no2)cc1Cl.